The van der Waals surface area contributed by atoms with Crippen molar-refractivity contribution in [3.8, 4) is 33.8 Å². The summed E-state index contributed by atoms with van der Waals surface area (Å²) in [7, 11) is 0. The number of hydrogen-bond donors (Lipinski definition) is 3. The van der Waals surface area contributed by atoms with Gasteiger partial charge in [-0.05, 0) is 73.4 Å². The van der Waals surface area contributed by atoms with Crippen LogP contribution < -0.4 is 0 Å². The van der Waals surface area contributed by atoms with Gasteiger partial charge in [0.05, 0.1) is 5.71 Å². The fourth-order valence-electron chi connectivity index (χ4n) is 4.21. The number of hydrogen-bond acceptors (Lipinski definition) is 3. The van der Waals surface area contributed by atoms with E-state index in [1.807, 2.05) is 106 Å². The van der Waals surface area contributed by atoms with E-state index in [0.29, 0.717) is 5.71 Å². The molecule has 4 aromatic carbocycles. The third kappa shape index (κ3) is 7.29. The van der Waals surface area contributed by atoms with Crippen molar-refractivity contribution in [2.24, 2.45) is 0 Å². The first-order valence-corrected chi connectivity index (χ1v) is 11.6. The Balaban J connectivity index is 0.00000241. The van der Waals surface area contributed by atoms with Gasteiger partial charge in [-0.15, -0.1) is 0 Å². The number of allylic oxidation sites excluding steroid dienone is 4. The molecule has 0 spiro atoms. The van der Waals surface area contributed by atoms with E-state index in [0.717, 1.165) is 50.1 Å². The molecule has 0 bridgehead atoms. The van der Waals surface area contributed by atoms with Crippen LogP contribution in [0.1, 0.15) is 29.2 Å². The van der Waals surface area contributed by atoms with E-state index in [2.05, 4.69) is 0 Å². The quantitative estimate of drug-likeness (QED) is 0.0832. The van der Waals surface area contributed by atoms with E-state index in [1.165, 1.54) is 0 Å². The topological polar surface area (TPSA) is 64.3 Å². The van der Waals surface area contributed by atoms with E-state index in [4.69, 9.17) is 5.41 Å². The van der Waals surface area contributed by atoms with E-state index >= 15 is 0 Å². The predicted octanol–water partition coefficient (Wildman–Crippen LogP) is 8.97. The first-order chi connectivity index (χ1) is 16.8. The molecule has 0 atom stereocenters. The number of nitrogens with one attached hydrogen (secondary N) is 1. The summed E-state index contributed by atoms with van der Waals surface area (Å²) in [6, 6.07) is 26.8. The van der Waals surface area contributed by atoms with Gasteiger partial charge in [0.15, 0.2) is 0 Å². The molecule has 0 fully saturated rings. The maximum Gasteiger partial charge on any atom is 0.123 e. The minimum Gasteiger partial charge on any atom is -0.507 e. The van der Waals surface area contributed by atoms with Gasteiger partial charge in [-0.25, -0.2) is 0 Å². The second kappa shape index (κ2) is 14.4. The minimum absolute atomic E-state index is 0. The number of phenols is 2. The van der Waals surface area contributed by atoms with Crippen LogP contribution in [0.2, 0.25) is 0 Å². The van der Waals surface area contributed by atoms with Crippen LogP contribution in [0.5, 0.6) is 11.5 Å². The Kier molecular flexibility index (Phi) is 12.4. The second-order valence-electron chi connectivity index (χ2n) is 8.75. The molecular weight excluding hydrogens is 633 g/mol. The van der Waals surface area contributed by atoms with Crippen molar-refractivity contribution in [3.05, 3.63) is 140 Å². The Morgan fingerprint density at radius 1 is 0.658 bits per heavy atom. The second-order valence-corrected chi connectivity index (χ2v) is 8.75. The van der Waals surface area contributed by atoms with Crippen LogP contribution in [-0.2, 0) is 25.8 Å². The fraction of sp³-hybridized carbons (Fsp3) is 0.0882. The molecule has 0 unspecified atom stereocenters. The predicted molar refractivity (Wildman–Crippen MR) is 159 cm³/mol. The summed E-state index contributed by atoms with van der Waals surface area (Å²) in [6.45, 7) is 6.02. The molecule has 38 heavy (non-hydrogen) atoms. The summed E-state index contributed by atoms with van der Waals surface area (Å²) < 4.78 is 0. The SMILES string of the molecule is C/C(=C\C=C/C(=N)c1ccccc1-c1cc(C)ccc1O)c1ccccc1-c1cc(C)ccc1O.[CH3-].[CH3-].[Hf]. The van der Waals surface area contributed by atoms with Crippen LogP contribution in [0.15, 0.2) is 103 Å². The van der Waals surface area contributed by atoms with E-state index in [9.17, 15) is 10.2 Å². The summed E-state index contributed by atoms with van der Waals surface area (Å²) in [6.07, 6.45) is 5.62. The molecule has 0 aromatic heterocycles. The first-order valence-electron chi connectivity index (χ1n) is 11.6. The maximum atomic E-state index is 10.4. The van der Waals surface area contributed by atoms with Gasteiger partial charge in [0, 0.05) is 42.5 Å². The van der Waals surface area contributed by atoms with Gasteiger partial charge in [-0.1, -0.05) is 83.9 Å². The van der Waals surface area contributed by atoms with Gasteiger partial charge in [0.2, 0.25) is 0 Å². The number of aryl methyl sites for hydroxylation is 2. The molecule has 3 N–H and O–H groups in total. The molecule has 4 aromatic rings. The van der Waals surface area contributed by atoms with Gasteiger partial charge in [-0.2, -0.15) is 0 Å². The number of benzene rings is 4. The van der Waals surface area contributed by atoms with Crippen LogP contribution >= 0.6 is 0 Å². The van der Waals surface area contributed by atoms with Gasteiger partial charge in [0.1, 0.15) is 11.5 Å². The molecule has 0 saturated carbocycles. The molecule has 0 aliphatic rings. The third-order valence-corrected chi connectivity index (χ3v) is 6.06. The number of aromatic hydroxyl groups is 2. The Bertz CT molecular complexity index is 1470. The third-order valence-electron chi connectivity index (χ3n) is 6.06. The first kappa shape index (κ1) is 32.5. The Hall–Kier alpha value is -3.50. The molecule has 0 aliphatic carbocycles. The Labute approximate surface area is 246 Å². The van der Waals surface area contributed by atoms with Crippen LogP contribution in [0, 0.1) is 34.1 Å². The largest absolute Gasteiger partial charge is 0.507 e. The van der Waals surface area contributed by atoms with E-state index in [1.54, 1.807) is 18.2 Å². The van der Waals surface area contributed by atoms with Crippen molar-refractivity contribution in [2.45, 2.75) is 20.8 Å². The molecular formula is C34H35HfNO2-2. The molecule has 0 radical (unpaired) electrons. The smallest absolute Gasteiger partial charge is 0.123 e. The molecule has 4 heteroatoms. The van der Waals surface area contributed by atoms with Gasteiger partial charge >= 0.3 is 0 Å². The molecule has 3 nitrogen and oxygen atoms in total. The van der Waals surface area contributed by atoms with E-state index in [-0.39, 0.29) is 52.2 Å². The summed E-state index contributed by atoms with van der Waals surface area (Å²) in [5.74, 6) is 0.454. The average molecular weight is 668 g/mol. The number of phenolic OH excluding ortho intramolecular Hbond substituents is 2. The summed E-state index contributed by atoms with van der Waals surface area (Å²) in [4.78, 5) is 0. The van der Waals surface area contributed by atoms with Crippen LogP contribution in [0.4, 0.5) is 0 Å². The molecule has 0 amide bonds. The minimum atomic E-state index is 0. The Morgan fingerprint density at radius 3 is 1.63 bits per heavy atom. The molecule has 4 rings (SSSR count). The van der Waals surface area contributed by atoms with Gasteiger partial charge in [-0.3, -0.25) is 0 Å². The van der Waals surface area contributed by atoms with Crippen molar-refractivity contribution >= 4 is 11.3 Å². The molecule has 0 saturated heterocycles. The standard InChI is InChI=1S/C32H29NO2.2CH3.Hf/c1-21-15-17-31(34)28(19-21)25-11-5-4-10-24(25)23(3)9-8-14-30(33)27-13-7-6-12-26(27)29-20-22(2)16-18-32(29)35;;;/h4-20,33-35H,1-3H3;2*1H3;/q;2*-1;/b14-8-,23-9+,33-30?;;;. The summed E-state index contributed by atoms with van der Waals surface area (Å²) >= 11 is 0. The van der Waals surface area contributed by atoms with Crippen molar-refractivity contribution in [2.75, 3.05) is 0 Å². The van der Waals surface area contributed by atoms with Crippen molar-refractivity contribution in [3.63, 3.8) is 0 Å². The van der Waals surface area contributed by atoms with Crippen molar-refractivity contribution in [1.82, 2.24) is 0 Å². The summed E-state index contributed by atoms with van der Waals surface area (Å²) in [5, 5.41) is 29.5. The van der Waals surface area contributed by atoms with E-state index < -0.39 is 0 Å². The summed E-state index contributed by atoms with van der Waals surface area (Å²) in [5.41, 5.74) is 8.60. The molecule has 0 heterocycles. The van der Waals surface area contributed by atoms with Gasteiger partial charge in [0.25, 0.3) is 0 Å². The fourth-order valence-corrected chi connectivity index (χ4v) is 4.21. The monoisotopic (exact) mass is 669 g/mol. The molecule has 0 aliphatic heterocycles. The average Bonchev–Trinajstić information content (AvgIpc) is 2.87. The zero-order valence-corrected chi connectivity index (χ0v) is 26.3. The van der Waals surface area contributed by atoms with Crippen LogP contribution in [-0.4, -0.2) is 15.9 Å². The van der Waals surface area contributed by atoms with Crippen molar-refractivity contribution < 1.29 is 36.1 Å². The normalized spacial score (nSPS) is 10.8. The van der Waals surface area contributed by atoms with Crippen molar-refractivity contribution in [1.29, 1.82) is 5.41 Å². The zero-order valence-electron chi connectivity index (χ0n) is 22.7. The zero-order chi connectivity index (χ0) is 24.9. The molecule has 194 valence electrons. The Morgan fingerprint density at radius 2 is 1.11 bits per heavy atom. The van der Waals surface area contributed by atoms with Crippen LogP contribution in [0.25, 0.3) is 27.8 Å². The van der Waals surface area contributed by atoms with Gasteiger partial charge < -0.3 is 30.5 Å². The number of rotatable bonds is 6. The van der Waals surface area contributed by atoms with Crippen LogP contribution in [0.3, 0.4) is 0 Å². The maximum absolute atomic E-state index is 10.4.